The molecule has 1 aromatic carbocycles. The first kappa shape index (κ1) is 38.3. The molecule has 0 N–H and O–H groups in total. The lowest BCUT2D eigenvalue weighted by Crippen LogP contribution is -2.50. The fourth-order valence-electron chi connectivity index (χ4n) is 8.10. The summed E-state index contributed by atoms with van der Waals surface area (Å²) in [6.45, 7) is 21.1. The van der Waals surface area contributed by atoms with Crippen molar-refractivity contribution in [1.82, 2.24) is 14.9 Å². The van der Waals surface area contributed by atoms with E-state index in [9.17, 15) is 14.4 Å². The van der Waals surface area contributed by atoms with Gasteiger partial charge in [-0.1, -0.05) is 40.3 Å². The SMILES string of the molecule is C=CCCC[C@@H]1[C@H]2C[C@H]2C[C@H]1OC(=O)C[C@H](C(=O)N1C[C@H](Oc2nc3cc(OC)ccc3nc2C=C)[C@@H](CC)[C@H]1C(=O)OC(C)(C)C)C(C)(C)C. The number of likely N-dealkylation sites (tertiary alicyclic amines) is 1. The van der Waals surface area contributed by atoms with Crippen LogP contribution in [-0.4, -0.2) is 70.2 Å². The first-order valence-corrected chi connectivity index (χ1v) is 18.6. The number of aromatic nitrogens is 2. The van der Waals surface area contributed by atoms with E-state index in [0.717, 1.165) is 25.7 Å². The minimum absolute atomic E-state index is 0.0774. The molecule has 0 unspecified atom stereocenters. The largest absolute Gasteiger partial charge is 0.497 e. The van der Waals surface area contributed by atoms with Crippen LogP contribution in [0.1, 0.15) is 99.1 Å². The molecule has 10 nitrogen and oxygen atoms in total. The van der Waals surface area contributed by atoms with Crippen LogP contribution in [0.2, 0.25) is 0 Å². The van der Waals surface area contributed by atoms with E-state index in [2.05, 4.69) is 13.2 Å². The average Bonchev–Trinajstić information content (AvgIpc) is 3.60. The van der Waals surface area contributed by atoms with Gasteiger partial charge in [0.2, 0.25) is 11.8 Å². The Hall–Kier alpha value is -3.95. The molecule has 3 aliphatic rings. The molecule has 1 amide bonds. The summed E-state index contributed by atoms with van der Waals surface area (Å²) >= 11 is 0. The molecule has 2 aliphatic carbocycles. The molecule has 2 aromatic rings. The highest BCUT2D eigenvalue weighted by Crippen LogP contribution is 2.58. The molecule has 10 heteroatoms. The van der Waals surface area contributed by atoms with Gasteiger partial charge < -0.3 is 23.8 Å². The molecule has 1 aromatic heterocycles. The summed E-state index contributed by atoms with van der Waals surface area (Å²) in [5.41, 5.74) is 0.294. The maximum absolute atomic E-state index is 14.8. The van der Waals surface area contributed by atoms with Crippen molar-refractivity contribution in [2.24, 2.45) is 35.0 Å². The molecule has 2 heterocycles. The summed E-state index contributed by atoms with van der Waals surface area (Å²) < 4.78 is 24.1. The molecule has 8 atom stereocenters. The van der Waals surface area contributed by atoms with Crippen molar-refractivity contribution in [2.45, 2.75) is 117 Å². The van der Waals surface area contributed by atoms with Gasteiger partial charge in [0.05, 0.1) is 37.0 Å². The summed E-state index contributed by atoms with van der Waals surface area (Å²) in [7, 11) is 1.58. The maximum Gasteiger partial charge on any atom is 0.329 e. The van der Waals surface area contributed by atoms with Crippen molar-refractivity contribution < 1.29 is 33.3 Å². The molecule has 0 spiro atoms. The van der Waals surface area contributed by atoms with Crippen LogP contribution >= 0.6 is 0 Å². The maximum atomic E-state index is 14.8. The third-order valence-corrected chi connectivity index (χ3v) is 10.8. The number of allylic oxidation sites excluding steroid dienone is 1. The quantitative estimate of drug-likeness (QED) is 0.111. The summed E-state index contributed by atoms with van der Waals surface area (Å²) in [6, 6.07) is 4.48. The van der Waals surface area contributed by atoms with Gasteiger partial charge in [0.1, 0.15) is 35.3 Å². The van der Waals surface area contributed by atoms with Gasteiger partial charge in [-0.05, 0) is 101 Å². The van der Waals surface area contributed by atoms with E-state index in [1.54, 1.807) is 24.2 Å². The van der Waals surface area contributed by atoms with Crippen LogP contribution in [0, 0.1) is 35.0 Å². The normalized spacial score (nSPS) is 26.3. The number of ether oxygens (including phenoxy) is 4. The van der Waals surface area contributed by atoms with Gasteiger partial charge >= 0.3 is 11.9 Å². The Morgan fingerprint density at radius 1 is 1.02 bits per heavy atom. The lowest BCUT2D eigenvalue weighted by atomic mass is 9.77. The van der Waals surface area contributed by atoms with Gasteiger partial charge in [-0.15, -0.1) is 6.58 Å². The van der Waals surface area contributed by atoms with E-state index >= 15 is 0 Å². The Morgan fingerprint density at radius 2 is 1.76 bits per heavy atom. The van der Waals surface area contributed by atoms with E-state index in [1.165, 1.54) is 6.42 Å². The van der Waals surface area contributed by atoms with Crippen LogP contribution < -0.4 is 9.47 Å². The number of carbonyl (C=O) groups is 3. The Bertz CT molecular complexity index is 1630. The first-order chi connectivity index (χ1) is 24.1. The van der Waals surface area contributed by atoms with Gasteiger partial charge in [0, 0.05) is 12.0 Å². The number of amides is 1. The van der Waals surface area contributed by atoms with Gasteiger partial charge in [0.25, 0.3) is 0 Å². The van der Waals surface area contributed by atoms with Gasteiger partial charge in [-0.25, -0.2) is 14.8 Å². The minimum Gasteiger partial charge on any atom is -0.497 e. The fraction of sp³-hybridized carbons (Fsp3) is 0.634. The molecule has 1 saturated heterocycles. The number of fused-ring (bicyclic) bond motifs is 2. The molecule has 1 aliphatic heterocycles. The van der Waals surface area contributed by atoms with Crippen LogP contribution in [0.25, 0.3) is 17.1 Å². The van der Waals surface area contributed by atoms with Crippen LogP contribution in [-0.2, 0) is 23.9 Å². The Morgan fingerprint density at radius 3 is 2.39 bits per heavy atom. The Kier molecular flexibility index (Phi) is 11.5. The van der Waals surface area contributed by atoms with Gasteiger partial charge in [-0.2, -0.15) is 0 Å². The van der Waals surface area contributed by atoms with Crippen molar-refractivity contribution >= 4 is 35.0 Å². The van der Waals surface area contributed by atoms with Crippen LogP contribution in [0.15, 0.2) is 37.4 Å². The zero-order valence-corrected chi connectivity index (χ0v) is 31.8. The molecule has 0 bridgehead atoms. The topological polar surface area (TPSA) is 117 Å². The van der Waals surface area contributed by atoms with E-state index in [1.807, 2.05) is 66.7 Å². The summed E-state index contributed by atoms with van der Waals surface area (Å²) in [5, 5.41) is 0. The zero-order chi connectivity index (χ0) is 37.2. The third-order valence-electron chi connectivity index (χ3n) is 10.8. The monoisotopic (exact) mass is 703 g/mol. The van der Waals surface area contributed by atoms with Crippen molar-refractivity contribution in [3.8, 4) is 11.6 Å². The lowest BCUT2D eigenvalue weighted by Gasteiger charge is -2.36. The summed E-state index contributed by atoms with van der Waals surface area (Å²) in [6.07, 6.45) is 8.34. The minimum atomic E-state index is -0.926. The number of hydrogen-bond acceptors (Lipinski definition) is 9. The molecule has 0 radical (unpaired) electrons. The second-order valence-electron chi connectivity index (χ2n) is 16.6. The molecule has 51 heavy (non-hydrogen) atoms. The van der Waals surface area contributed by atoms with Crippen molar-refractivity contribution in [3.05, 3.63) is 43.1 Å². The second kappa shape index (κ2) is 15.3. The zero-order valence-electron chi connectivity index (χ0n) is 31.8. The van der Waals surface area contributed by atoms with E-state index in [4.69, 9.17) is 28.9 Å². The average molecular weight is 704 g/mol. The molecular formula is C41H57N3O7. The number of rotatable bonds is 14. The second-order valence-corrected chi connectivity index (χ2v) is 16.6. The van der Waals surface area contributed by atoms with Gasteiger partial charge in [-0.3, -0.25) is 9.59 Å². The number of carbonyl (C=O) groups excluding carboxylic acids is 3. The predicted octanol–water partition coefficient (Wildman–Crippen LogP) is 7.58. The number of nitrogens with zero attached hydrogens (tertiary/aromatic N) is 3. The smallest absolute Gasteiger partial charge is 0.329 e. The third kappa shape index (κ3) is 8.75. The summed E-state index contributed by atoms with van der Waals surface area (Å²) in [5.74, 6) is 0.179. The van der Waals surface area contributed by atoms with Crippen LogP contribution in [0.3, 0.4) is 0 Å². The highest BCUT2D eigenvalue weighted by Gasteiger charge is 2.55. The number of benzene rings is 1. The first-order valence-electron chi connectivity index (χ1n) is 18.6. The summed E-state index contributed by atoms with van der Waals surface area (Å²) in [4.78, 5) is 53.4. The number of esters is 2. The molecule has 2 saturated carbocycles. The van der Waals surface area contributed by atoms with Crippen molar-refractivity contribution in [3.63, 3.8) is 0 Å². The van der Waals surface area contributed by atoms with Crippen molar-refractivity contribution in [2.75, 3.05) is 13.7 Å². The molecular weight excluding hydrogens is 646 g/mol. The standard InChI is InChI=1S/C41H57N3O7/c1-11-14-15-16-27-28-19-24(28)20-33(27)49-35(45)22-29(40(4,5)6)38(46)44-23-34(26(12-2)36(44)39(47)51-41(7,8)9)50-37-30(13-3)42-31-18-17-25(48-10)21-32(31)43-37/h11,13,17-18,21,24,26-29,33-34,36H,1,3,12,14-16,19-20,22-23H2,2,4-10H3/t24-,26+,27+,28-,29+,33+,34-,36-/m0/s1. The fourth-order valence-corrected chi connectivity index (χ4v) is 8.10. The Labute approximate surface area is 303 Å². The molecule has 3 fully saturated rings. The molecule has 278 valence electrons. The van der Waals surface area contributed by atoms with E-state index in [-0.39, 0.29) is 36.8 Å². The van der Waals surface area contributed by atoms with Gasteiger partial charge in [0.15, 0.2) is 0 Å². The van der Waals surface area contributed by atoms with Crippen LogP contribution in [0.5, 0.6) is 11.6 Å². The number of hydrogen-bond donors (Lipinski definition) is 0. The van der Waals surface area contributed by atoms with Crippen LogP contribution in [0.4, 0.5) is 0 Å². The number of unbranched alkanes of at least 4 members (excludes halogenated alkanes) is 1. The van der Waals surface area contributed by atoms with E-state index in [0.29, 0.717) is 46.7 Å². The van der Waals surface area contributed by atoms with E-state index < -0.39 is 41.0 Å². The highest BCUT2D eigenvalue weighted by molar-refractivity contribution is 5.90. The Balaban J connectivity index is 1.41. The predicted molar refractivity (Wildman–Crippen MR) is 197 cm³/mol. The number of methoxy groups -OCH3 is 1. The van der Waals surface area contributed by atoms with Crippen molar-refractivity contribution in [1.29, 1.82) is 0 Å². The highest BCUT2D eigenvalue weighted by atomic mass is 16.6. The molecule has 5 rings (SSSR count). The lowest BCUT2D eigenvalue weighted by molar-refractivity contribution is -0.167.